The first-order valence-electron chi connectivity index (χ1n) is 9.71. The molecule has 11 heteroatoms. The summed E-state index contributed by atoms with van der Waals surface area (Å²) >= 11 is 0. The third kappa shape index (κ3) is 4.56. The molecule has 0 saturated carbocycles. The zero-order valence-electron chi connectivity index (χ0n) is 16.5. The van der Waals surface area contributed by atoms with Crippen LogP contribution in [0.25, 0.3) is 11.1 Å². The second kappa shape index (κ2) is 8.96. The van der Waals surface area contributed by atoms with Crippen molar-refractivity contribution in [2.24, 2.45) is 21.2 Å². The van der Waals surface area contributed by atoms with Crippen molar-refractivity contribution in [3.8, 4) is 11.1 Å². The minimum atomic E-state index is -0.725. The van der Waals surface area contributed by atoms with Crippen LogP contribution in [0, 0.1) is 11.6 Å². The van der Waals surface area contributed by atoms with Crippen molar-refractivity contribution in [3.05, 3.63) is 60.1 Å². The molecule has 2 aromatic heterocycles. The number of aliphatic imine (C=N–C) groups is 1. The summed E-state index contributed by atoms with van der Waals surface area (Å²) in [7, 11) is 0. The fraction of sp³-hybridized carbons (Fsp3) is 0.250. The lowest BCUT2D eigenvalue weighted by atomic mass is 10.1. The molecule has 3 aromatic rings. The Balaban J connectivity index is 1.71. The number of hydrogen-bond donors (Lipinski definition) is 3. The Hall–Kier alpha value is -3.73. The molecular formula is C20H21F2N9. The first-order chi connectivity index (χ1) is 15.0. The smallest absolute Gasteiger partial charge is 0.187 e. The van der Waals surface area contributed by atoms with Crippen LogP contribution in [0.4, 0.5) is 20.3 Å². The third-order valence-corrected chi connectivity index (χ3v) is 5.06. The van der Waals surface area contributed by atoms with Crippen molar-refractivity contribution in [1.82, 2.24) is 20.1 Å². The van der Waals surface area contributed by atoms with E-state index in [9.17, 15) is 8.78 Å². The molecule has 1 aliphatic heterocycles. The van der Waals surface area contributed by atoms with E-state index in [0.717, 1.165) is 49.7 Å². The topological polar surface area (TPSA) is 132 Å². The number of aromatic nitrogens is 3. The molecule has 160 valence electrons. The number of pyridine rings is 1. The van der Waals surface area contributed by atoms with Gasteiger partial charge in [0.2, 0.25) is 0 Å². The van der Waals surface area contributed by atoms with Gasteiger partial charge in [-0.15, -0.1) is 5.11 Å². The zero-order chi connectivity index (χ0) is 21.8. The van der Waals surface area contributed by atoms with Crippen LogP contribution in [0.15, 0.2) is 58.2 Å². The predicted molar refractivity (Wildman–Crippen MR) is 113 cm³/mol. The van der Waals surface area contributed by atoms with Crippen molar-refractivity contribution in [2.75, 3.05) is 18.8 Å². The van der Waals surface area contributed by atoms with Gasteiger partial charge in [0.25, 0.3) is 0 Å². The molecule has 5 N–H and O–H groups in total. The number of benzene rings is 1. The molecule has 0 spiro atoms. The van der Waals surface area contributed by atoms with E-state index in [1.807, 2.05) is 10.9 Å². The summed E-state index contributed by atoms with van der Waals surface area (Å²) in [6.45, 7) is 1.90. The maximum Gasteiger partial charge on any atom is 0.187 e. The van der Waals surface area contributed by atoms with Crippen molar-refractivity contribution >= 4 is 17.3 Å². The molecule has 0 amide bonds. The first kappa shape index (κ1) is 20.5. The quantitative estimate of drug-likeness (QED) is 0.194. The maximum absolute atomic E-state index is 14.1. The highest BCUT2D eigenvalue weighted by atomic mass is 19.1. The fourth-order valence-electron chi connectivity index (χ4n) is 3.45. The van der Waals surface area contributed by atoms with Crippen LogP contribution in [-0.4, -0.2) is 33.7 Å². The largest absolute Gasteiger partial charge is 0.383 e. The Morgan fingerprint density at radius 3 is 2.71 bits per heavy atom. The van der Waals surface area contributed by atoms with Gasteiger partial charge in [0.15, 0.2) is 5.84 Å². The van der Waals surface area contributed by atoms with Crippen LogP contribution in [0.3, 0.4) is 0 Å². The molecule has 0 bridgehead atoms. The van der Waals surface area contributed by atoms with Gasteiger partial charge >= 0.3 is 0 Å². The number of halogens is 2. The van der Waals surface area contributed by atoms with Gasteiger partial charge in [-0.25, -0.2) is 18.8 Å². The molecule has 1 aliphatic rings. The number of nitrogens with zero attached hydrogens (tertiary/aromatic N) is 6. The fourth-order valence-corrected chi connectivity index (χ4v) is 3.45. The summed E-state index contributed by atoms with van der Waals surface area (Å²) in [5, 5.41) is 14.8. The predicted octanol–water partition coefficient (Wildman–Crippen LogP) is 3.13. The van der Waals surface area contributed by atoms with Gasteiger partial charge < -0.3 is 16.9 Å². The van der Waals surface area contributed by atoms with Crippen LogP contribution in [0.5, 0.6) is 0 Å². The number of rotatable bonds is 4. The molecule has 0 radical (unpaired) electrons. The van der Waals surface area contributed by atoms with Gasteiger partial charge in [-0.2, -0.15) is 5.10 Å². The van der Waals surface area contributed by atoms with E-state index in [1.54, 1.807) is 18.5 Å². The molecule has 1 saturated heterocycles. The van der Waals surface area contributed by atoms with Gasteiger partial charge in [-0.3, -0.25) is 4.68 Å². The number of nitrogens with two attached hydrogens (primary N) is 2. The molecule has 1 fully saturated rings. The average molecular weight is 425 g/mol. The molecule has 0 aliphatic carbocycles. The molecule has 0 atom stereocenters. The van der Waals surface area contributed by atoms with E-state index in [4.69, 9.17) is 11.6 Å². The SMILES string of the molecule is NN=NC(=Nc1cc(F)ccc1F)c1cc(-c2cnn(C3CCNCC3)c2)cnc1N. The first-order valence-corrected chi connectivity index (χ1v) is 9.71. The molecule has 3 heterocycles. The summed E-state index contributed by atoms with van der Waals surface area (Å²) in [6.07, 6.45) is 7.29. The number of piperidine rings is 1. The van der Waals surface area contributed by atoms with Gasteiger partial charge in [-0.1, -0.05) is 5.22 Å². The van der Waals surface area contributed by atoms with Crippen molar-refractivity contribution in [2.45, 2.75) is 18.9 Å². The second-order valence-electron chi connectivity index (χ2n) is 7.09. The summed E-state index contributed by atoms with van der Waals surface area (Å²) in [5.74, 6) is 3.84. The van der Waals surface area contributed by atoms with Crippen molar-refractivity contribution < 1.29 is 8.78 Å². The van der Waals surface area contributed by atoms with E-state index in [0.29, 0.717) is 11.6 Å². The Bertz CT molecular complexity index is 1130. The van der Waals surface area contributed by atoms with Gasteiger partial charge in [0.05, 0.1) is 17.8 Å². The zero-order valence-corrected chi connectivity index (χ0v) is 16.5. The normalized spacial score (nSPS) is 15.6. The van der Waals surface area contributed by atoms with E-state index in [2.05, 4.69) is 30.7 Å². The number of amidine groups is 1. The van der Waals surface area contributed by atoms with Crippen LogP contribution in [0.2, 0.25) is 0 Å². The Kier molecular flexibility index (Phi) is 5.94. The van der Waals surface area contributed by atoms with E-state index in [-0.39, 0.29) is 22.9 Å². The van der Waals surface area contributed by atoms with Crippen molar-refractivity contribution in [1.29, 1.82) is 0 Å². The van der Waals surface area contributed by atoms with Crippen molar-refractivity contribution in [3.63, 3.8) is 0 Å². The summed E-state index contributed by atoms with van der Waals surface area (Å²) in [6, 6.07) is 4.93. The minimum Gasteiger partial charge on any atom is -0.383 e. The molecule has 1 aromatic carbocycles. The lowest BCUT2D eigenvalue weighted by Crippen LogP contribution is -2.29. The van der Waals surface area contributed by atoms with Crippen LogP contribution >= 0.6 is 0 Å². The monoisotopic (exact) mass is 425 g/mol. The lowest BCUT2D eigenvalue weighted by molar-refractivity contribution is 0.343. The number of nitrogens with one attached hydrogen (secondary N) is 1. The number of hydrogen-bond acceptors (Lipinski definition) is 6. The summed E-state index contributed by atoms with van der Waals surface area (Å²) in [4.78, 5) is 8.27. The second-order valence-corrected chi connectivity index (χ2v) is 7.09. The molecule has 0 unspecified atom stereocenters. The van der Waals surface area contributed by atoms with E-state index in [1.165, 1.54) is 0 Å². The van der Waals surface area contributed by atoms with Gasteiger partial charge in [0, 0.05) is 29.6 Å². The third-order valence-electron chi connectivity index (χ3n) is 5.06. The number of nitrogen functional groups attached to an aromatic ring is 1. The molecular weight excluding hydrogens is 404 g/mol. The average Bonchev–Trinajstić information content (AvgIpc) is 3.27. The number of anilines is 1. The van der Waals surface area contributed by atoms with Crippen LogP contribution in [0.1, 0.15) is 24.4 Å². The lowest BCUT2D eigenvalue weighted by Gasteiger charge is -2.22. The molecule has 9 nitrogen and oxygen atoms in total. The molecule has 31 heavy (non-hydrogen) atoms. The Morgan fingerprint density at radius 1 is 1.13 bits per heavy atom. The highest BCUT2D eigenvalue weighted by Gasteiger charge is 2.18. The Labute approximate surface area is 176 Å². The van der Waals surface area contributed by atoms with Crippen LogP contribution in [-0.2, 0) is 0 Å². The maximum atomic E-state index is 14.1. The highest BCUT2D eigenvalue weighted by Crippen LogP contribution is 2.27. The standard InChI is InChI=1S/C20H21F2N9/c21-14-1-2-17(22)18(8-14)28-20(29-30-24)16-7-12(9-26-19(16)23)13-10-27-31(11-13)15-3-5-25-6-4-15/h1-2,7-11,15,25H,3-6H2,(H2,23,26)(H2,24,28,29). The summed E-state index contributed by atoms with van der Waals surface area (Å²) in [5.41, 5.74) is 7.58. The van der Waals surface area contributed by atoms with Gasteiger partial charge in [-0.05, 0) is 44.1 Å². The summed E-state index contributed by atoms with van der Waals surface area (Å²) < 4.78 is 29.6. The van der Waals surface area contributed by atoms with Crippen LogP contribution < -0.4 is 16.9 Å². The molecule has 4 rings (SSSR count). The minimum absolute atomic E-state index is 0.0930. The Morgan fingerprint density at radius 2 is 1.94 bits per heavy atom. The van der Waals surface area contributed by atoms with E-state index >= 15 is 0 Å². The highest BCUT2D eigenvalue weighted by molar-refractivity contribution is 6.04. The van der Waals surface area contributed by atoms with Gasteiger partial charge in [0.1, 0.15) is 23.1 Å². The van der Waals surface area contributed by atoms with E-state index < -0.39 is 11.6 Å².